The minimum absolute atomic E-state index is 0.134. The first-order chi connectivity index (χ1) is 16.4. The van der Waals surface area contributed by atoms with Crippen LogP contribution in [0, 0.1) is 28.6 Å². The molecular weight excluding hydrogens is 497 g/mol. The van der Waals surface area contributed by atoms with E-state index in [1.54, 1.807) is 0 Å². The van der Waals surface area contributed by atoms with Gasteiger partial charge in [0.15, 0.2) is 0 Å². The molecule has 6 atom stereocenters. The summed E-state index contributed by atoms with van der Waals surface area (Å²) in [5.41, 5.74) is 0.279. The fourth-order valence-corrected chi connectivity index (χ4v) is 7.28. The summed E-state index contributed by atoms with van der Waals surface area (Å²) in [6, 6.07) is 0. The first-order valence-corrected chi connectivity index (χ1v) is 12.1. The van der Waals surface area contributed by atoms with Gasteiger partial charge in [-0.3, -0.25) is 4.79 Å². The highest BCUT2D eigenvalue weighted by atomic mass is 19.4. The van der Waals surface area contributed by atoms with Gasteiger partial charge in [0.2, 0.25) is 0 Å². The molecule has 0 amide bonds. The lowest BCUT2D eigenvalue weighted by atomic mass is 9.48. The van der Waals surface area contributed by atoms with E-state index in [4.69, 9.17) is 4.74 Å². The van der Waals surface area contributed by atoms with Gasteiger partial charge in [-0.25, -0.2) is 4.79 Å². The van der Waals surface area contributed by atoms with Crippen molar-refractivity contribution in [2.45, 2.75) is 89.8 Å². The lowest BCUT2D eigenvalue weighted by Crippen LogP contribution is -2.56. The topological polar surface area (TPSA) is 52.6 Å². The Hall–Kier alpha value is -2.07. The van der Waals surface area contributed by atoms with Crippen molar-refractivity contribution in [3.63, 3.8) is 0 Å². The maximum absolute atomic E-state index is 13.7. The van der Waals surface area contributed by atoms with Crippen molar-refractivity contribution >= 4 is 11.9 Å². The number of hydrogen-bond donors (Lipinski definition) is 0. The second-order valence-electron chi connectivity index (χ2n) is 11.1. The van der Waals surface area contributed by atoms with E-state index in [1.165, 1.54) is 19.1 Å². The van der Waals surface area contributed by atoms with Gasteiger partial charge < -0.3 is 9.47 Å². The van der Waals surface area contributed by atoms with Crippen molar-refractivity contribution in [2.24, 2.45) is 28.6 Å². The third-order valence-electron chi connectivity index (χ3n) is 9.22. The summed E-state index contributed by atoms with van der Waals surface area (Å²) in [4.78, 5) is 23.3. The number of allylic oxidation sites excluding steroid dienone is 3. The highest BCUT2D eigenvalue weighted by Gasteiger charge is 2.77. The van der Waals surface area contributed by atoms with Crippen molar-refractivity contribution < 1.29 is 49.8 Å². The second kappa shape index (κ2) is 8.48. The molecule has 4 aliphatic rings. The van der Waals surface area contributed by atoms with Crippen LogP contribution in [-0.2, 0) is 19.1 Å². The predicted octanol–water partition coefficient (Wildman–Crippen LogP) is 6.75. The number of alkyl halides is 7. The summed E-state index contributed by atoms with van der Waals surface area (Å²) in [5, 5.41) is 0. The number of halogens is 7. The van der Waals surface area contributed by atoms with Crippen LogP contribution in [0.2, 0.25) is 0 Å². The number of rotatable bonds is 4. The first kappa shape index (κ1) is 27.0. The normalized spacial score (nSPS) is 36.6. The van der Waals surface area contributed by atoms with Gasteiger partial charge in [0.1, 0.15) is 11.9 Å². The van der Waals surface area contributed by atoms with Gasteiger partial charge >= 0.3 is 30.0 Å². The van der Waals surface area contributed by atoms with E-state index < -0.39 is 35.2 Å². The zero-order valence-corrected chi connectivity index (χ0v) is 20.2. The quantitative estimate of drug-likeness (QED) is 0.300. The van der Waals surface area contributed by atoms with Gasteiger partial charge in [-0.15, -0.1) is 0 Å². The first-order valence-electron chi connectivity index (χ1n) is 12.1. The predicted molar refractivity (Wildman–Crippen MR) is 113 cm³/mol. The number of carbonyl (C=O) groups is 2. The van der Waals surface area contributed by atoms with Crippen molar-refractivity contribution in [3.05, 3.63) is 23.5 Å². The molecule has 0 heterocycles. The number of esters is 2. The van der Waals surface area contributed by atoms with Crippen LogP contribution in [0.15, 0.2) is 23.5 Å². The summed E-state index contributed by atoms with van der Waals surface area (Å²) in [7, 11) is 0. The molecule has 0 bridgehead atoms. The minimum Gasteiger partial charge on any atom is -0.462 e. The highest BCUT2D eigenvalue weighted by molar-refractivity contribution is 5.80. The molecule has 0 saturated heterocycles. The standard InChI is InChI=1S/C25H29F7O4/c1-13(33)35-19-7-6-17-16-5-4-14-12-15(8-10-21(14,2)18(16)9-11-22(17,19)3)36-20(34)23(26,27)24(28,29)25(30,31)32/h8,12,16-19H,4-7,9-11H2,1-3H3/t16-,17-,18-,19?,21-,22-/m0/s1. The van der Waals surface area contributed by atoms with Crippen molar-refractivity contribution in [3.8, 4) is 0 Å². The SMILES string of the molecule is CC(=O)OC1CC[C@H]2[C@@H]3CCC4=CC(OC(=O)C(F)(F)C(F)(F)C(F)(F)F)=CC[C@]4(C)[C@H]3CC[C@]12C. The molecule has 1 unspecified atom stereocenters. The maximum Gasteiger partial charge on any atom is 0.460 e. The van der Waals surface area contributed by atoms with E-state index in [-0.39, 0.29) is 29.8 Å². The monoisotopic (exact) mass is 526 g/mol. The smallest absolute Gasteiger partial charge is 0.460 e. The zero-order valence-electron chi connectivity index (χ0n) is 20.2. The lowest BCUT2D eigenvalue weighted by molar-refractivity contribution is -0.347. The van der Waals surface area contributed by atoms with E-state index in [2.05, 4.69) is 11.7 Å². The Labute approximate surface area is 204 Å². The Morgan fingerprint density at radius 3 is 2.25 bits per heavy atom. The molecule has 0 aromatic carbocycles. The Morgan fingerprint density at radius 2 is 1.64 bits per heavy atom. The molecule has 4 aliphatic carbocycles. The molecule has 0 spiro atoms. The third-order valence-corrected chi connectivity index (χ3v) is 9.22. The van der Waals surface area contributed by atoms with Crippen molar-refractivity contribution in [1.82, 2.24) is 0 Å². The molecule has 0 radical (unpaired) electrons. The number of hydrogen-bond acceptors (Lipinski definition) is 4. The average molecular weight is 526 g/mol. The number of ether oxygens (including phenoxy) is 2. The van der Waals surface area contributed by atoms with Crippen LogP contribution < -0.4 is 0 Å². The summed E-state index contributed by atoms with van der Waals surface area (Å²) < 4.78 is 101. The van der Waals surface area contributed by atoms with Crippen LogP contribution in [-0.4, -0.2) is 36.1 Å². The van der Waals surface area contributed by atoms with Crippen molar-refractivity contribution in [1.29, 1.82) is 0 Å². The lowest BCUT2D eigenvalue weighted by Gasteiger charge is -2.57. The Morgan fingerprint density at radius 1 is 0.972 bits per heavy atom. The third kappa shape index (κ3) is 3.95. The molecule has 0 aromatic heterocycles. The van der Waals surface area contributed by atoms with Gasteiger partial charge in [-0.05, 0) is 80.3 Å². The van der Waals surface area contributed by atoms with Crippen LogP contribution >= 0.6 is 0 Å². The molecular formula is C25H29F7O4. The van der Waals surface area contributed by atoms with E-state index in [0.29, 0.717) is 18.3 Å². The molecule has 4 nitrogen and oxygen atoms in total. The van der Waals surface area contributed by atoms with Crippen LogP contribution in [0.25, 0.3) is 0 Å². The molecule has 36 heavy (non-hydrogen) atoms. The Bertz CT molecular complexity index is 1000. The molecule has 0 aliphatic heterocycles. The highest BCUT2D eigenvalue weighted by Crippen LogP contribution is 2.65. The van der Waals surface area contributed by atoms with Gasteiger partial charge in [0.05, 0.1) is 0 Å². The molecule has 4 rings (SSSR count). The van der Waals surface area contributed by atoms with Gasteiger partial charge in [0.25, 0.3) is 0 Å². The molecule has 11 heteroatoms. The molecule has 3 fully saturated rings. The minimum atomic E-state index is -6.62. The summed E-state index contributed by atoms with van der Waals surface area (Å²) in [6.45, 7) is 5.59. The van der Waals surface area contributed by atoms with Crippen LogP contribution in [0.4, 0.5) is 30.7 Å². The molecule has 0 N–H and O–H groups in total. The fraction of sp³-hybridized carbons (Fsp3) is 0.760. The van der Waals surface area contributed by atoms with Crippen LogP contribution in [0.5, 0.6) is 0 Å². The van der Waals surface area contributed by atoms with Crippen molar-refractivity contribution in [2.75, 3.05) is 0 Å². The fourth-order valence-electron chi connectivity index (χ4n) is 7.28. The average Bonchev–Trinajstić information content (AvgIpc) is 3.08. The van der Waals surface area contributed by atoms with Gasteiger partial charge in [-0.1, -0.05) is 19.4 Å². The van der Waals surface area contributed by atoms with Gasteiger partial charge in [-0.2, -0.15) is 30.7 Å². The number of carbonyl (C=O) groups excluding carboxylic acids is 2. The van der Waals surface area contributed by atoms with E-state index in [1.807, 2.05) is 6.92 Å². The van der Waals surface area contributed by atoms with Crippen LogP contribution in [0.3, 0.4) is 0 Å². The Kier molecular flexibility index (Phi) is 6.35. The van der Waals surface area contributed by atoms with Gasteiger partial charge in [0, 0.05) is 12.3 Å². The second-order valence-corrected chi connectivity index (χ2v) is 11.1. The molecule has 3 saturated carbocycles. The largest absolute Gasteiger partial charge is 0.462 e. The summed E-state index contributed by atoms with van der Waals surface area (Å²) >= 11 is 0. The molecule has 202 valence electrons. The van der Waals surface area contributed by atoms with Crippen LogP contribution in [0.1, 0.15) is 65.7 Å². The Balaban J connectivity index is 1.50. The summed E-state index contributed by atoms with van der Waals surface area (Å²) in [6.07, 6.45) is 0.878. The van der Waals surface area contributed by atoms with E-state index >= 15 is 0 Å². The van der Waals surface area contributed by atoms with E-state index in [0.717, 1.165) is 37.7 Å². The van der Waals surface area contributed by atoms with E-state index in [9.17, 15) is 40.3 Å². The molecule has 0 aromatic rings. The zero-order chi connectivity index (χ0) is 26.9. The summed E-state index contributed by atoms with van der Waals surface area (Å²) in [5.74, 6) is -15.4. The maximum atomic E-state index is 13.7. The number of fused-ring (bicyclic) bond motifs is 5.